The molecule has 2 aliphatic heterocycles. The number of aryl methyl sites for hydroxylation is 2. The van der Waals surface area contributed by atoms with Crippen molar-refractivity contribution in [3.63, 3.8) is 0 Å². The zero-order chi connectivity index (χ0) is 19.6. The van der Waals surface area contributed by atoms with Crippen LogP contribution in [0.5, 0.6) is 0 Å². The van der Waals surface area contributed by atoms with E-state index in [0.717, 1.165) is 49.6 Å². The van der Waals surface area contributed by atoms with Crippen LogP contribution in [0.3, 0.4) is 0 Å². The highest BCUT2D eigenvalue weighted by Gasteiger charge is 2.40. The summed E-state index contributed by atoms with van der Waals surface area (Å²) in [6, 6.07) is 1.96. The molecule has 4 heterocycles. The zero-order valence-corrected chi connectivity index (χ0v) is 16.7. The number of aromatic nitrogens is 4. The Labute approximate surface area is 165 Å². The van der Waals surface area contributed by atoms with Crippen molar-refractivity contribution in [3.8, 4) is 0 Å². The highest BCUT2D eigenvalue weighted by molar-refractivity contribution is 5.77. The lowest BCUT2D eigenvalue weighted by atomic mass is 9.87. The average molecular weight is 384 g/mol. The van der Waals surface area contributed by atoms with E-state index < -0.39 is 0 Å². The van der Waals surface area contributed by atoms with Crippen LogP contribution < -0.4 is 0 Å². The van der Waals surface area contributed by atoms with Gasteiger partial charge in [-0.05, 0) is 25.8 Å². The second-order valence-electron chi connectivity index (χ2n) is 7.88. The SMILES string of the molecule is Cc1ncc(CN2CCC3(CC2)CC(=O)N(Cc2ccnn2C)CCO3)cn1. The van der Waals surface area contributed by atoms with Gasteiger partial charge in [0, 0.05) is 57.4 Å². The van der Waals surface area contributed by atoms with Crippen molar-refractivity contribution in [1.29, 1.82) is 0 Å². The van der Waals surface area contributed by atoms with E-state index in [1.54, 1.807) is 6.20 Å². The summed E-state index contributed by atoms with van der Waals surface area (Å²) < 4.78 is 8.08. The van der Waals surface area contributed by atoms with Gasteiger partial charge in [-0.1, -0.05) is 0 Å². The molecule has 2 fully saturated rings. The van der Waals surface area contributed by atoms with Gasteiger partial charge in [0.2, 0.25) is 5.91 Å². The fourth-order valence-electron chi connectivity index (χ4n) is 4.05. The Morgan fingerprint density at radius 2 is 1.89 bits per heavy atom. The Balaban J connectivity index is 1.34. The molecule has 1 spiro atoms. The van der Waals surface area contributed by atoms with Gasteiger partial charge < -0.3 is 9.64 Å². The number of nitrogens with zero attached hydrogens (tertiary/aromatic N) is 6. The Bertz CT molecular complexity index is 810. The number of carbonyl (C=O) groups is 1. The van der Waals surface area contributed by atoms with Gasteiger partial charge in [0.15, 0.2) is 0 Å². The fourth-order valence-corrected chi connectivity index (χ4v) is 4.05. The lowest BCUT2D eigenvalue weighted by Crippen LogP contribution is -2.47. The van der Waals surface area contributed by atoms with Crippen molar-refractivity contribution < 1.29 is 9.53 Å². The number of rotatable bonds is 4. The molecular formula is C20H28N6O2. The summed E-state index contributed by atoms with van der Waals surface area (Å²) in [7, 11) is 1.91. The van der Waals surface area contributed by atoms with E-state index in [9.17, 15) is 4.79 Å². The van der Waals surface area contributed by atoms with Gasteiger partial charge >= 0.3 is 0 Å². The fraction of sp³-hybridized carbons (Fsp3) is 0.600. The van der Waals surface area contributed by atoms with Crippen LogP contribution in [0, 0.1) is 6.92 Å². The molecule has 4 rings (SSSR count). The molecule has 2 aromatic heterocycles. The average Bonchev–Trinajstić information content (AvgIpc) is 3.02. The molecule has 28 heavy (non-hydrogen) atoms. The Morgan fingerprint density at radius 3 is 2.57 bits per heavy atom. The van der Waals surface area contributed by atoms with E-state index in [1.807, 2.05) is 42.0 Å². The quantitative estimate of drug-likeness (QED) is 0.791. The first-order chi connectivity index (χ1) is 13.5. The van der Waals surface area contributed by atoms with E-state index in [4.69, 9.17) is 4.74 Å². The van der Waals surface area contributed by atoms with Gasteiger partial charge in [0.25, 0.3) is 0 Å². The predicted octanol–water partition coefficient (Wildman–Crippen LogP) is 1.30. The number of hydrogen-bond donors (Lipinski definition) is 0. The number of carbonyl (C=O) groups excluding carboxylic acids is 1. The molecule has 2 saturated heterocycles. The van der Waals surface area contributed by atoms with Gasteiger partial charge in [-0.15, -0.1) is 0 Å². The van der Waals surface area contributed by atoms with Crippen LogP contribution in [0.25, 0.3) is 0 Å². The van der Waals surface area contributed by atoms with E-state index in [0.29, 0.717) is 26.1 Å². The summed E-state index contributed by atoms with van der Waals surface area (Å²) in [5, 5.41) is 4.19. The first-order valence-electron chi connectivity index (χ1n) is 9.91. The lowest BCUT2D eigenvalue weighted by molar-refractivity contribution is -0.136. The predicted molar refractivity (Wildman–Crippen MR) is 103 cm³/mol. The zero-order valence-electron chi connectivity index (χ0n) is 16.7. The molecule has 0 radical (unpaired) electrons. The minimum absolute atomic E-state index is 0.180. The van der Waals surface area contributed by atoms with Crippen LogP contribution >= 0.6 is 0 Å². The highest BCUT2D eigenvalue weighted by Crippen LogP contribution is 2.33. The maximum absolute atomic E-state index is 12.9. The van der Waals surface area contributed by atoms with Crippen molar-refractivity contribution in [3.05, 3.63) is 41.7 Å². The maximum Gasteiger partial charge on any atom is 0.225 e. The molecule has 0 atom stereocenters. The van der Waals surface area contributed by atoms with Crippen LogP contribution in [0.2, 0.25) is 0 Å². The van der Waals surface area contributed by atoms with E-state index in [1.165, 1.54) is 0 Å². The third-order valence-corrected chi connectivity index (χ3v) is 5.88. The molecule has 0 unspecified atom stereocenters. The molecule has 2 aliphatic rings. The second-order valence-corrected chi connectivity index (χ2v) is 7.88. The summed E-state index contributed by atoms with van der Waals surface area (Å²) in [6.45, 7) is 6.40. The third kappa shape index (κ3) is 4.23. The van der Waals surface area contributed by atoms with Gasteiger partial charge in [-0.2, -0.15) is 5.10 Å². The smallest absolute Gasteiger partial charge is 0.225 e. The van der Waals surface area contributed by atoms with E-state index in [2.05, 4.69) is 20.0 Å². The molecule has 0 bridgehead atoms. The Kier molecular flexibility index (Phi) is 5.41. The normalized spacial score (nSPS) is 20.5. The van der Waals surface area contributed by atoms with Gasteiger partial charge in [0.05, 0.1) is 30.9 Å². The van der Waals surface area contributed by atoms with Crippen LogP contribution in [0.4, 0.5) is 0 Å². The Hall–Kier alpha value is -2.32. The summed E-state index contributed by atoms with van der Waals surface area (Å²) >= 11 is 0. The lowest BCUT2D eigenvalue weighted by Gasteiger charge is -2.40. The highest BCUT2D eigenvalue weighted by atomic mass is 16.5. The van der Waals surface area contributed by atoms with Gasteiger partial charge in [-0.25, -0.2) is 9.97 Å². The monoisotopic (exact) mass is 384 g/mol. The minimum atomic E-state index is -0.321. The molecule has 0 saturated carbocycles. The van der Waals surface area contributed by atoms with Crippen molar-refractivity contribution >= 4 is 5.91 Å². The van der Waals surface area contributed by atoms with E-state index in [-0.39, 0.29) is 11.5 Å². The molecule has 0 aromatic carbocycles. The topological polar surface area (TPSA) is 76.4 Å². The number of hydrogen-bond acceptors (Lipinski definition) is 6. The Morgan fingerprint density at radius 1 is 1.14 bits per heavy atom. The van der Waals surface area contributed by atoms with Gasteiger partial charge in [-0.3, -0.25) is 14.4 Å². The summed E-state index contributed by atoms with van der Waals surface area (Å²) in [6.07, 6.45) is 7.79. The first kappa shape index (κ1) is 19.0. The first-order valence-corrected chi connectivity index (χ1v) is 9.91. The van der Waals surface area contributed by atoms with Crippen LogP contribution in [0.15, 0.2) is 24.7 Å². The molecule has 8 heteroatoms. The number of piperidine rings is 1. The summed E-state index contributed by atoms with van der Waals surface area (Å²) in [4.78, 5) is 25.8. The summed E-state index contributed by atoms with van der Waals surface area (Å²) in [5.74, 6) is 0.974. The molecule has 150 valence electrons. The largest absolute Gasteiger partial charge is 0.373 e. The number of amides is 1. The molecule has 2 aromatic rings. The van der Waals surface area contributed by atoms with Crippen molar-refractivity contribution in [1.82, 2.24) is 29.5 Å². The number of likely N-dealkylation sites (tertiary alicyclic amines) is 1. The third-order valence-electron chi connectivity index (χ3n) is 5.88. The molecule has 0 aliphatic carbocycles. The van der Waals surface area contributed by atoms with Gasteiger partial charge in [0.1, 0.15) is 5.82 Å². The molecule has 0 N–H and O–H groups in total. The standard InChI is InChI=1S/C20H28N6O2/c1-16-21-12-17(13-22-16)14-25-7-4-20(5-8-25)11-19(27)26(9-10-28-20)15-18-3-6-23-24(18)2/h3,6,12-13H,4-5,7-11,14-15H2,1-2H3. The van der Waals surface area contributed by atoms with Crippen molar-refractivity contribution in [2.24, 2.45) is 7.05 Å². The van der Waals surface area contributed by atoms with Crippen LogP contribution in [0.1, 0.15) is 36.3 Å². The maximum atomic E-state index is 12.9. The van der Waals surface area contributed by atoms with Crippen LogP contribution in [-0.4, -0.2) is 67.3 Å². The number of ether oxygens (including phenoxy) is 1. The van der Waals surface area contributed by atoms with E-state index >= 15 is 0 Å². The summed E-state index contributed by atoms with van der Waals surface area (Å²) in [5.41, 5.74) is 1.85. The molecule has 1 amide bonds. The molecular weight excluding hydrogens is 356 g/mol. The second kappa shape index (κ2) is 7.97. The van der Waals surface area contributed by atoms with Crippen molar-refractivity contribution in [2.45, 2.75) is 44.9 Å². The van der Waals surface area contributed by atoms with Crippen molar-refractivity contribution in [2.75, 3.05) is 26.2 Å². The van der Waals surface area contributed by atoms with Crippen LogP contribution in [-0.2, 0) is 29.7 Å². The minimum Gasteiger partial charge on any atom is -0.373 e. The molecule has 8 nitrogen and oxygen atoms in total.